The summed E-state index contributed by atoms with van der Waals surface area (Å²) in [4.78, 5) is 11.6. The van der Waals surface area contributed by atoms with Gasteiger partial charge in [-0.05, 0) is 50.4 Å². The normalized spacial score (nSPS) is 31.8. The van der Waals surface area contributed by atoms with Gasteiger partial charge in [0.05, 0.1) is 6.04 Å². The van der Waals surface area contributed by atoms with Gasteiger partial charge in [-0.15, -0.1) is 0 Å². The third kappa shape index (κ3) is 2.17. The van der Waals surface area contributed by atoms with Crippen molar-refractivity contribution in [1.82, 2.24) is 10.6 Å². The number of piperidine rings is 1. The third-order valence-corrected chi connectivity index (χ3v) is 3.94. The van der Waals surface area contributed by atoms with Gasteiger partial charge in [-0.2, -0.15) is 0 Å². The molecule has 2 saturated carbocycles. The molecule has 0 aromatic heterocycles. The highest BCUT2D eigenvalue weighted by Gasteiger charge is 2.43. The van der Waals surface area contributed by atoms with Crippen molar-refractivity contribution in [3.8, 4) is 0 Å². The summed E-state index contributed by atoms with van der Waals surface area (Å²) in [6.07, 6.45) is 7.67. The Hall–Kier alpha value is -0.570. The van der Waals surface area contributed by atoms with Gasteiger partial charge in [0.25, 0.3) is 0 Å². The van der Waals surface area contributed by atoms with Crippen LogP contribution < -0.4 is 10.6 Å². The SMILES string of the molecule is O=C1NCCCC1NC(C1CC1)C1CC1. The fourth-order valence-corrected chi connectivity index (χ4v) is 2.73. The molecule has 2 aliphatic carbocycles. The maximum atomic E-state index is 11.6. The predicted octanol–water partition coefficient (Wildman–Crippen LogP) is 1.04. The molecule has 1 saturated heterocycles. The molecule has 1 aliphatic heterocycles. The lowest BCUT2D eigenvalue weighted by Crippen LogP contribution is -2.52. The van der Waals surface area contributed by atoms with Crippen LogP contribution in [0.5, 0.6) is 0 Å². The van der Waals surface area contributed by atoms with Gasteiger partial charge in [0.2, 0.25) is 5.91 Å². The Morgan fingerprint density at radius 1 is 1.13 bits per heavy atom. The summed E-state index contributed by atoms with van der Waals surface area (Å²) < 4.78 is 0. The smallest absolute Gasteiger partial charge is 0.237 e. The molecule has 3 nitrogen and oxygen atoms in total. The topological polar surface area (TPSA) is 41.1 Å². The number of amides is 1. The van der Waals surface area contributed by atoms with Gasteiger partial charge < -0.3 is 10.6 Å². The van der Waals surface area contributed by atoms with E-state index in [1.165, 1.54) is 25.7 Å². The number of hydrogen-bond acceptors (Lipinski definition) is 2. The van der Waals surface area contributed by atoms with E-state index < -0.39 is 0 Å². The Morgan fingerprint density at radius 3 is 2.33 bits per heavy atom. The molecule has 3 rings (SSSR count). The second-order valence-electron chi connectivity index (χ2n) is 5.35. The number of hydrogen-bond donors (Lipinski definition) is 2. The molecule has 1 atom stereocenters. The second kappa shape index (κ2) is 3.78. The van der Waals surface area contributed by atoms with E-state index in [9.17, 15) is 4.79 Å². The van der Waals surface area contributed by atoms with Crippen molar-refractivity contribution < 1.29 is 4.79 Å². The van der Waals surface area contributed by atoms with E-state index in [1.54, 1.807) is 0 Å². The molecule has 1 unspecified atom stereocenters. The summed E-state index contributed by atoms with van der Waals surface area (Å²) in [6, 6.07) is 0.754. The van der Waals surface area contributed by atoms with Crippen molar-refractivity contribution in [2.24, 2.45) is 11.8 Å². The Morgan fingerprint density at radius 2 is 1.80 bits per heavy atom. The molecule has 3 fully saturated rings. The highest BCUT2D eigenvalue weighted by molar-refractivity contribution is 5.82. The standard InChI is InChI=1S/C12H20N2O/c15-12-10(2-1-7-13-12)14-11(8-3-4-8)9-5-6-9/h8-11,14H,1-7H2,(H,13,15). The average molecular weight is 208 g/mol. The summed E-state index contributed by atoms with van der Waals surface area (Å²) in [5.41, 5.74) is 0. The molecular formula is C12H20N2O. The zero-order valence-corrected chi connectivity index (χ0v) is 9.17. The van der Waals surface area contributed by atoms with Crippen molar-refractivity contribution in [1.29, 1.82) is 0 Å². The third-order valence-electron chi connectivity index (χ3n) is 3.94. The van der Waals surface area contributed by atoms with Crippen LogP contribution in [0.3, 0.4) is 0 Å². The van der Waals surface area contributed by atoms with Crippen molar-refractivity contribution in [3.63, 3.8) is 0 Å². The van der Waals surface area contributed by atoms with E-state index in [0.717, 1.165) is 31.2 Å². The summed E-state index contributed by atoms with van der Waals surface area (Å²) in [7, 11) is 0. The Kier molecular flexibility index (Phi) is 2.43. The van der Waals surface area contributed by atoms with Crippen LogP contribution in [0.2, 0.25) is 0 Å². The highest BCUT2D eigenvalue weighted by atomic mass is 16.2. The quantitative estimate of drug-likeness (QED) is 0.725. The van der Waals surface area contributed by atoms with Gasteiger partial charge in [-0.25, -0.2) is 0 Å². The summed E-state index contributed by atoms with van der Waals surface area (Å²) in [5, 5.41) is 6.57. The number of carbonyl (C=O) groups is 1. The van der Waals surface area contributed by atoms with Crippen molar-refractivity contribution in [2.45, 2.75) is 50.6 Å². The van der Waals surface area contributed by atoms with Gasteiger partial charge in [0.1, 0.15) is 0 Å². The van der Waals surface area contributed by atoms with Crippen LogP contribution >= 0.6 is 0 Å². The molecule has 3 heteroatoms. The summed E-state index contributed by atoms with van der Waals surface area (Å²) >= 11 is 0. The molecule has 84 valence electrons. The van der Waals surface area contributed by atoms with Crippen LogP contribution in [0.1, 0.15) is 38.5 Å². The fourth-order valence-electron chi connectivity index (χ4n) is 2.73. The van der Waals surface area contributed by atoms with Crippen LogP contribution in [0.25, 0.3) is 0 Å². The van der Waals surface area contributed by atoms with Gasteiger partial charge in [-0.3, -0.25) is 4.79 Å². The van der Waals surface area contributed by atoms with Crippen LogP contribution in [0.4, 0.5) is 0 Å². The molecule has 0 bridgehead atoms. The zero-order chi connectivity index (χ0) is 10.3. The minimum absolute atomic E-state index is 0.102. The molecule has 1 amide bonds. The molecule has 0 aromatic rings. The maximum absolute atomic E-state index is 11.6. The van der Waals surface area contributed by atoms with Crippen LogP contribution in [0.15, 0.2) is 0 Å². The largest absolute Gasteiger partial charge is 0.355 e. The molecule has 3 aliphatic rings. The lowest BCUT2D eigenvalue weighted by atomic mass is 10.0. The Balaban J connectivity index is 1.58. The van der Waals surface area contributed by atoms with E-state index in [1.807, 2.05) is 0 Å². The fraction of sp³-hybridized carbons (Fsp3) is 0.917. The van der Waals surface area contributed by atoms with Crippen molar-refractivity contribution >= 4 is 5.91 Å². The highest BCUT2D eigenvalue weighted by Crippen LogP contribution is 2.44. The van der Waals surface area contributed by atoms with Gasteiger partial charge in [0, 0.05) is 12.6 Å². The second-order valence-corrected chi connectivity index (χ2v) is 5.35. The first-order valence-corrected chi connectivity index (χ1v) is 6.38. The Labute approximate surface area is 91.0 Å². The number of carbonyl (C=O) groups excluding carboxylic acids is 1. The minimum Gasteiger partial charge on any atom is -0.355 e. The summed E-state index contributed by atoms with van der Waals surface area (Å²) in [6.45, 7) is 0.870. The molecule has 15 heavy (non-hydrogen) atoms. The minimum atomic E-state index is 0.102. The molecule has 0 spiro atoms. The monoisotopic (exact) mass is 208 g/mol. The van der Waals surface area contributed by atoms with Crippen LogP contribution in [-0.4, -0.2) is 24.5 Å². The zero-order valence-electron chi connectivity index (χ0n) is 9.17. The average Bonchev–Trinajstić information content (AvgIpc) is 3.10. The van der Waals surface area contributed by atoms with E-state index in [0.29, 0.717) is 6.04 Å². The number of nitrogens with one attached hydrogen (secondary N) is 2. The van der Waals surface area contributed by atoms with Crippen LogP contribution in [0, 0.1) is 11.8 Å². The summed E-state index contributed by atoms with van der Waals surface area (Å²) in [5.74, 6) is 1.99. The molecule has 0 aromatic carbocycles. The van der Waals surface area contributed by atoms with Gasteiger partial charge >= 0.3 is 0 Å². The van der Waals surface area contributed by atoms with E-state index in [2.05, 4.69) is 10.6 Å². The predicted molar refractivity (Wildman–Crippen MR) is 58.4 cm³/mol. The van der Waals surface area contributed by atoms with E-state index >= 15 is 0 Å². The number of rotatable bonds is 4. The first-order chi connectivity index (χ1) is 7.34. The van der Waals surface area contributed by atoms with Crippen LogP contribution in [-0.2, 0) is 4.79 Å². The van der Waals surface area contributed by atoms with Gasteiger partial charge in [0.15, 0.2) is 0 Å². The maximum Gasteiger partial charge on any atom is 0.237 e. The molecular weight excluding hydrogens is 188 g/mol. The van der Waals surface area contributed by atoms with E-state index in [4.69, 9.17) is 0 Å². The molecule has 1 heterocycles. The lowest BCUT2D eigenvalue weighted by molar-refractivity contribution is -0.124. The first kappa shape index (κ1) is 9.64. The Bertz CT molecular complexity index is 246. The first-order valence-electron chi connectivity index (χ1n) is 6.38. The van der Waals surface area contributed by atoms with E-state index in [-0.39, 0.29) is 11.9 Å². The van der Waals surface area contributed by atoms with Crippen molar-refractivity contribution in [2.75, 3.05) is 6.54 Å². The molecule has 0 radical (unpaired) electrons. The molecule has 2 N–H and O–H groups in total. The lowest BCUT2D eigenvalue weighted by Gasteiger charge is -2.28. The van der Waals surface area contributed by atoms with Crippen molar-refractivity contribution in [3.05, 3.63) is 0 Å². The van der Waals surface area contributed by atoms with Gasteiger partial charge in [-0.1, -0.05) is 0 Å².